The van der Waals surface area contributed by atoms with Gasteiger partial charge in [-0.3, -0.25) is 0 Å². The number of anilines is 1. The van der Waals surface area contributed by atoms with Crippen LogP contribution in [-0.4, -0.2) is 13.7 Å². The second-order valence-electron chi connectivity index (χ2n) is 5.60. The van der Waals surface area contributed by atoms with Gasteiger partial charge < -0.3 is 9.64 Å². The quantitative estimate of drug-likeness (QED) is 0.743. The van der Waals surface area contributed by atoms with Crippen molar-refractivity contribution in [2.75, 3.05) is 18.6 Å². The summed E-state index contributed by atoms with van der Waals surface area (Å²) < 4.78 is 5.23. The minimum atomic E-state index is 0.597. The maximum Gasteiger partial charge on any atom is 0.119 e. The van der Waals surface area contributed by atoms with Gasteiger partial charge in [0.25, 0.3) is 0 Å². The molecule has 0 aliphatic rings. The molecule has 0 N–H and O–H groups in total. The molecule has 0 radical (unpaired) electrons. The smallest absolute Gasteiger partial charge is 0.119 e. The van der Waals surface area contributed by atoms with E-state index in [1.54, 1.807) is 7.11 Å². The second kappa shape index (κ2) is 7.37. The van der Waals surface area contributed by atoms with E-state index in [0.29, 0.717) is 5.92 Å². The molecule has 0 heterocycles. The molecule has 0 fully saturated rings. The molecule has 2 aromatic carbocycles. The van der Waals surface area contributed by atoms with Crippen LogP contribution in [0, 0.1) is 5.92 Å². The predicted molar refractivity (Wildman–Crippen MR) is 90.3 cm³/mol. The lowest BCUT2D eigenvalue weighted by molar-refractivity contribution is 0.415. The highest BCUT2D eigenvalue weighted by Gasteiger charge is 2.10. The lowest BCUT2D eigenvalue weighted by Gasteiger charge is -2.27. The summed E-state index contributed by atoms with van der Waals surface area (Å²) in [4.78, 5) is 2.38. The summed E-state index contributed by atoms with van der Waals surface area (Å²) >= 11 is 5.96. The molecule has 0 aromatic heterocycles. The number of methoxy groups -OCH3 is 1. The molecular weight excluding hydrogens is 282 g/mol. The minimum absolute atomic E-state index is 0.597. The van der Waals surface area contributed by atoms with Crippen LogP contribution in [0.5, 0.6) is 5.75 Å². The summed E-state index contributed by atoms with van der Waals surface area (Å²) in [5.74, 6) is 1.48. The highest BCUT2D eigenvalue weighted by atomic mass is 35.5. The third-order valence-electron chi connectivity index (χ3n) is 3.31. The molecule has 0 atom stereocenters. The van der Waals surface area contributed by atoms with Crippen LogP contribution in [-0.2, 0) is 6.54 Å². The Hall–Kier alpha value is -1.67. The van der Waals surface area contributed by atoms with Crippen molar-refractivity contribution in [1.82, 2.24) is 0 Å². The van der Waals surface area contributed by atoms with Crippen molar-refractivity contribution in [3.63, 3.8) is 0 Å². The first-order valence-electron chi connectivity index (χ1n) is 7.22. The van der Waals surface area contributed by atoms with Gasteiger partial charge in [0.1, 0.15) is 5.75 Å². The first-order valence-corrected chi connectivity index (χ1v) is 7.59. The Balaban J connectivity index is 2.18. The van der Waals surface area contributed by atoms with E-state index in [0.717, 1.165) is 23.9 Å². The van der Waals surface area contributed by atoms with E-state index in [1.807, 2.05) is 24.3 Å². The molecule has 2 aromatic rings. The van der Waals surface area contributed by atoms with E-state index in [9.17, 15) is 0 Å². The predicted octanol–water partition coefficient (Wildman–Crippen LogP) is 5.01. The second-order valence-corrected chi connectivity index (χ2v) is 6.04. The van der Waals surface area contributed by atoms with E-state index < -0.39 is 0 Å². The zero-order valence-electron chi connectivity index (χ0n) is 12.8. The van der Waals surface area contributed by atoms with Gasteiger partial charge in [0, 0.05) is 23.8 Å². The van der Waals surface area contributed by atoms with Crippen molar-refractivity contribution in [1.29, 1.82) is 0 Å². The largest absolute Gasteiger partial charge is 0.497 e. The summed E-state index contributed by atoms with van der Waals surface area (Å²) in [5, 5.41) is 0.776. The fourth-order valence-electron chi connectivity index (χ4n) is 2.31. The van der Waals surface area contributed by atoms with Crippen molar-refractivity contribution >= 4 is 17.3 Å². The Kier molecular flexibility index (Phi) is 5.51. The van der Waals surface area contributed by atoms with Crippen LogP contribution in [0.4, 0.5) is 5.69 Å². The highest BCUT2D eigenvalue weighted by molar-refractivity contribution is 6.30. The van der Waals surface area contributed by atoms with Gasteiger partial charge in [-0.15, -0.1) is 0 Å². The van der Waals surface area contributed by atoms with Crippen molar-refractivity contribution in [2.45, 2.75) is 20.4 Å². The third-order valence-corrected chi connectivity index (χ3v) is 3.56. The van der Waals surface area contributed by atoms with Crippen LogP contribution in [0.15, 0.2) is 48.5 Å². The number of rotatable bonds is 6. The van der Waals surface area contributed by atoms with Gasteiger partial charge in [-0.1, -0.05) is 37.6 Å². The van der Waals surface area contributed by atoms with Crippen LogP contribution in [0.25, 0.3) is 0 Å². The van der Waals surface area contributed by atoms with E-state index in [-0.39, 0.29) is 0 Å². The van der Waals surface area contributed by atoms with Gasteiger partial charge in [-0.05, 0) is 47.9 Å². The molecule has 112 valence electrons. The van der Waals surface area contributed by atoms with Gasteiger partial charge in [0.2, 0.25) is 0 Å². The molecule has 2 rings (SSSR count). The molecule has 0 unspecified atom stereocenters. The van der Waals surface area contributed by atoms with Gasteiger partial charge in [-0.2, -0.15) is 0 Å². The fraction of sp³-hybridized carbons (Fsp3) is 0.333. The topological polar surface area (TPSA) is 12.5 Å². The van der Waals surface area contributed by atoms with Gasteiger partial charge in [0.15, 0.2) is 0 Å². The average Bonchev–Trinajstić information content (AvgIpc) is 2.48. The Bertz CT molecular complexity index is 548. The Labute approximate surface area is 132 Å². The molecule has 0 aliphatic heterocycles. The first kappa shape index (κ1) is 15.7. The molecule has 0 spiro atoms. The number of halogens is 1. The van der Waals surface area contributed by atoms with Crippen LogP contribution >= 0.6 is 11.6 Å². The number of nitrogens with zero attached hydrogens (tertiary/aromatic N) is 1. The van der Waals surface area contributed by atoms with Crippen molar-refractivity contribution in [3.8, 4) is 5.75 Å². The molecule has 0 saturated heterocycles. The number of ether oxygens (including phenoxy) is 1. The molecule has 0 amide bonds. The summed E-state index contributed by atoms with van der Waals surface area (Å²) in [5.41, 5.74) is 2.47. The first-order chi connectivity index (χ1) is 10.1. The standard InChI is InChI=1S/C18H22ClNO/c1-14(2)12-20(13-15-4-6-16(19)7-5-15)17-8-10-18(21-3)11-9-17/h4-11,14H,12-13H2,1-3H3. The van der Waals surface area contributed by atoms with Gasteiger partial charge in [-0.25, -0.2) is 0 Å². The van der Waals surface area contributed by atoms with Gasteiger partial charge in [0.05, 0.1) is 7.11 Å². The molecule has 2 nitrogen and oxygen atoms in total. The van der Waals surface area contributed by atoms with Crippen molar-refractivity contribution < 1.29 is 4.74 Å². The molecular formula is C18H22ClNO. The van der Waals surface area contributed by atoms with Crippen molar-refractivity contribution in [2.24, 2.45) is 5.92 Å². The van der Waals surface area contributed by atoms with Crippen LogP contribution in [0.3, 0.4) is 0 Å². The summed E-state index contributed by atoms with van der Waals surface area (Å²) in [6.07, 6.45) is 0. The molecule has 0 bridgehead atoms. The van der Waals surface area contributed by atoms with E-state index in [4.69, 9.17) is 16.3 Å². The normalized spacial score (nSPS) is 10.7. The SMILES string of the molecule is COc1ccc(N(Cc2ccc(Cl)cc2)CC(C)C)cc1. The summed E-state index contributed by atoms with van der Waals surface area (Å²) in [6.45, 7) is 6.35. The summed E-state index contributed by atoms with van der Waals surface area (Å²) in [7, 11) is 1.69. The summed E-state index contributed by atoms with van der Waals surface area (Å²) in [6, 6.07) is 16.3. The van der Waals surface area contributed by atoms with Crippen LogP contribution in [0.2, 0.25) is 5.02 Å². The van der Waals surface area contributed by atoms with E-state index in [2.05, 4.69) is 43.0 Å². The zero-order chi connectivity index (χ0) is 15.2. The monoisotopic (exact) mass is 303 g/mol. The lowest BCUT2D eigenvalue weighted by Crippen LogP contribution is -2.27. The molecule has 0 aliphatic carbocycles. The maximum absolute atomic E-state index is 5.96. The van der Waals surface area contributed by atoms with Crippen molar-refractivity contribution in [3.05, 3.63) is 59.1 Å². The van der Waals surface area contributed by atoms with E-state index >= 15 is 0 Å². The number of benzene rings is 2. The fourth-order valence-corrected chi connectivity index (χ4v) is 2.43. The van der Waals surface area contributed by atoms with Crippen LogP contribution < -0.4 is 9.64 Å². The third kappa shape index (κ3) is 4.68. The lowest BCUT2D eigenvalue weighted by atomic mass is 10.1. The average molecular weight is 304 g/mol. The number of hydrogen-bond donors (Lipinski definition) is 0. The molecule has 3 heteroatoms. The maximum atomic E-state index is 5.96. The van der Waals surface area contributed by atoms with E-state index in [1.165, 1.54) is 11.3 Å². The minimum Gasteiger partial charge on any atom is -0.497 e. The zero-order valence-corrected chi connectivity index (χ0v) is 13.6. The van der Waals surface area contributed by atoms with Gasteiger partial charge >= 0.3 is 0 Å². The Morgan fingerprint density at radius 1 is 1.00 bits per heavy atom. The number of hydrogen-bond acceptors (Lipinski definition) is 2. The Morgan fingerprint density at radius 3 is 2.14 bits per heavy atom. The van der Waals surface area contributed by atoms with Crippen LogP contribution in [0.1, 0.15) is 19.4 Å². The Morgan fingerprint density at radius 2 is 1.62 bits per heavy atom. The molecule has 0 saturated carbocycles. The highest BCUT2D eigenvalue weighted by Crippen LogP contribution is 2.22. The molecule has 21 heavy (non-hydrogen) atoms.